The van der Waals surface area contributed by atoms with Crippen molar-refractivity contribution in [3.63, 3.8) is 0 Å². The highest BCUT2D eigenvalue weighted by molar-refractivity contribution is 6.14. The van der Waals surface area contributed by atoms with E-state index in [0.29, 0.717) is 17.7 Å². The van der Waals surface area contributed by atoms with Gasteiger partial charge in [0.1, 0.15) is 11.3 Å². The number of piperidine rings is 1. The minimum absolute atomic E-state index is 0. The number of likely N-dealkylation sites (tertiary alicyclic amines) is 2. The Kier molecular flexibility index (Phi) is 8.55. The quantitative estimate of drug-likeness (QED) is 0.657. The summed E-state index contributed by atoms with van der Waals surface area (Å²) in [5.41, 5.74) is 2.20. The van der Waals surface area contributed by atoms with Crippen molar-refractivity contribution in [2.75, 3.05) is 26.2 Å². The number of hydrogen-bond acceptors (Lipinski definition) is 5. The molecular weight excluding hydrogens is 447 g/mol. The molecule has 5 heterocycles. The highest BCUT2D eigenvalue weighted by Gasteiger charge is 2.30. The topological polar surface area (TPSA) is 76.6 Å². The third-order valence-corrected chi connectivity index (χ3v) is 5.88. The summed E-state index contributed by atoms with van der Waals surface area (Å²) in [5, 5.41) is 3.94. The molecule has 0 saturated carbocycles. The standard InChI is InChI=1S/C20H24N6O.3ClH/c27-19-17(12-14-13-22-18-16(14)4-3-7-21-18)23-20(24-19)26-10-5-15(6-11-26)25-8-1-2-9-25;;;/h3-4,7,12-13,15H,1-2,5-6,8-11H2,(H,21,22)(H,23,24,27);3*1H. The van der Waals surface area contributed by atoms with Crippen LogP contribution in [-0.2, 0) is 4.79 Å². The minimum atomic E-state index is -0.134. The molecule has 2 aromatic heterocycles. The Morgan fingerprint density at radius 2 is 1.80 bits per heavy atom. The van der Waals surface area contributed by atoms with Crippen LogP contribution in [-0.4, -0.2) is 63.9 Å². The molecule has 0 aromatic carbocycles. The molecular formula is C20H27Cl3N6O. The van der Waals surface area contributed by atoms with Crippen LogP contribution in [0.25, 0.3) is 17.1 Å². The molecule has 0 unspecified atom stereocenters. The fourth-order valence-electron chi connectivity index (χ4n) is 4.40. The molecule has 3 aliphatic rings. The van der Waals surface area contributed by atoms with Crippen LogP contribution >= 0.6 is 37.2 Å². The first-order valence-electron chi connectivity index (χ1n) is 9.81. The summed E-state index contributed by atoms with van der Waals surface area (Å²) in [5.74, 6) is 0.564. The third kappa shape index (κ3) is 4.75. The Morgan fingerprint density at radius 1 is 1.07 bits per heavy atom. The summed E-state index contributed by atoms with van der Waals surface area (Å²) in [6.07, 6.45) is 10.4. The van der Waals surface area contributed by atoms with E-state index in [1.165, 1.54) is 25.9 Å². The number of nitrogens with one attached hydrogen (secondary N) is 2. The maximum Gasteiger partial charge on any atom is 0.276 e. The lowest BCUT2D eigenvalue weighted by Crippen LogP contribution is -2.49. The van der Waals surface area contributed by atoms with Gasteiger partial charge in [-0.2, -0.15) is 0 Å². The van der Waals surface area contributed by atoms with Gasteiger partial charge in [-0.1, -0.05) is 0 Å². The van der Waals surface area contributed by atoms with Crippen molar-refractivity contribution in [1.82, 2.24) is 25.1 Å². The molecule has 2 N–H and O–H groups in total. The summed E-state index contributed by atoms with van der Waals surface area (Å²) in [7, 11) is 0. The maximum absolute atomic E-state index is 12.4. The van der Waals surface area contributed by atoms with E-state index >= 15 is 0 Å². The SMILES string of the molecule is Cl.Cl.Cl.O=C1NC(N2CCC(N3CCCC3)CC2)=NC1=Cc1c[nH]c2ncccc12. The zero-order valence-electron chi connectivity index (χ0n) is 16.5. The molecule has 30 heavy (non-hydrogen) atoms. The summed E-state index contributed by atoms with van der Waals surface area (Å²) < 4.78 is 0. The molecule has 2 fully saturated rings. The normalized spacial score (nSPS) is 21.1. The van der Waals surface area contributed by atoms with E-state index in [2.05, 4.69) is 30.1 Å². The maximum atomic E-state index is 12.4. The highest BCUT2D eigenvalue weighted by Crippen LogP contribution is 2.24. The number of carbonyl (C=O) groups is 1. The molecule has 0 atom stereocenters. The van der Waals surface area contributed by atoms with Gasteiger partial charge in [0.2, 0.25) is 5.96 Å². The van der Waals surface area contributed by atoms with Gasteiger partial charge in [0.15, 0.2) is 0 Å². The molecule has 0 spiro atoms. The van der Waals surface area contributed by atoms with Gasteiger partial charge in [-0.15, -0.1) is 37.2 Å². The number of aliphatic imine (C=N–C) groups is 1. The molecule has 3 aliphatic heterocycles. The van der Waals surface area contributed by atoms with Gasteiger partial charge in [0, 0.05) is 42.5 Å². The molecule has 10 heteroatoms. The fraction of sp³-hybridized carbons (Fsp3) is 0.450. The van der Waals surface area contributed by atoms with E-state index in [0.717, 1.165) is 42.5 Å². The average molecular weight is 474 g/mol. The van der Waals surface area contributed by atoms with Crippen molar-refractivity contribution in [1.29, 1.82) is 0 Å². The van der Waals surface area contributed by atoms with E-state index in [1.807, 2.05) is 24.4 Å². The first kappa shape index (κ1) is 24.5. The molecule has 0 aliphatic carbocycles. The van der Waals surface area contributed by atoms with Crippen LogP contribution in [0.2, 0.25) is 0 Å². The Balaban J connectivity index is 0.00000107. The van der Waals surface area contributed by atoms with Gasteiger partial charge in [0.05, 0.1) is 0 Å². The van der Waals surface area contributed by atoms with Crippen LogP contribution in [0, 0.1) is 0 Å². The van der Waals surface area contributed by atoms with E-state index in [4.69, 9.17) is 0 Å². The average Bonchev–Trinajstić information content (AvgIpc) is 3.44. The molecule has 2 saturated heterocycles. The Hall–Kier alpha value is -1.80. The lowest BCUT2D eigenvalue weighted by atomic mass is 10.0. The number of aromatic nitrogens is 2. The van der Waals surface area contributed by atoms with Gasteiger partial charge in [-0.3, -0.25) is 10.1 Å². The molecule has 7 nitrogen and oxygen atoms in total. The number of rotatable bonds is 2. The van der Waals surface area contributed by atoms with Gasteiger partial charge in [0.25, 0.3) is 5.91 Å². The van der Waals surface area contributed by atoms with E-state index < -0.39 is 0 Å². The van der Waals surface area contributed by atoms with E-state index in [1.54, 1.807) is 6.20 Å². The van der Waals surface area contributed by atoms with Crippen LogP contribution in [0.4, 0.5) is 0 Å². The van der Waals surface area contributed by atoms with Crippen molar-refractivity contribution >= 4 is 66.2 Å². The Morgan fingerprint density at radius 3 is 2.53 bits per heavy atom. The lowest BCUT2D eigenvalue weighted by molar-refractivity contribution is -0.115. The number of H-pyrrole nitrogens is 1. The Labute approximate surface area is 194 Å². The second kappa shape index (κ2) is 10.5. The summed E-state index contributed by atoms with van der Waals surface area (Å²) in [4.78, 5) is 29.3. The largest absolute Gasteiger partial charge is 0.346 e. The van der Waals surface area contributed by atoms with Gasteiger partial charge in [-0.05, 0) is 57.0 Å². The zero-order chi connectivity index (χ0) is 18.2. The second-order valence-electron chi connectivity index (χ2n) is 7.52. The van der Waals surface area contributed by atoms with Gasteiger partial charge < -0.3 is 14.8 Å². The smallest absolute Gasteiger partial charge is 0.276 e. The fourth-order valence-corrected chi connectivity index (χ4v) is 4.40. The number of hydrogen-bond donors (Lipinski definition) is 2. The minimum Gasteiger partial charge on any atom is -0.346 e. The summed E-state index contributed by atoms with van der Waals surface area (Å²) >= 11 is 0. The molecule has 5 rings (SSSR count). The lowest BCUT2D eigenvalue weighted by Gasteiger charge is -2.37. The van der Waals surface area contributed by atoms with Crippen molar-refractivity contribution in [2.45, 2.75) is 31.7 Å². The number of fused-ring (bicyclic) bond motifs is 1. The van der Waals surface area contributed by atoms with Crippen molar-refractivity contribution in [2.24, 2.45) is 4.99 Å². The van der Waals surface area contributed by atoms with Crippen molar-refractivity contribution in [3.05, 3.63) is 35.8 Å². The van der Waals surface area contributed by atoms with Crippen LogP contribution in [0.15, 0.2) is 35.2 Å². The predicted molar refractivity (Wildman–Crippen MR) is 127 cm³/mol. The number of nitrogens with zero attached hydrogens (tertiary/aromatic N) is 4. The third-order valence-electron chi connectivity index (χ3n) is 5.88. The molecule has 164 valence electrons. The number of aromatic amines is 1. The van der Waals surface area contributed by atoms with Gasteiger partial charge in [-0.25, -0.2) is 9.98 Å². The number of guanidine groups is 1. The summed E-state index contributed by atoms with van der Waals surface area (Å²) in [6, 6.07) is 4.58. The molecule has 2 aromatic rings. The number of carbonyl (C=O) groups excluding carboxylic acids is 1. The number of halogens is 3. The summed E-state index contributed by atoms with van der Waals surface area (Å²) in [6.45, 7) is 4.39. The second-order valence-corrected chi connectivity index (χ2v) is 7.52. The molecule has 1 amide bonds. The first-order chi connectivity index (χ1) is 13.3. The monoisotopic (exact) mass is 472 g/mol. The number of pyridine rings is 1. The Bertz CT molecular complexity index is 930. The van der Waals surface area contributed by atoms with Crippen LogP contribution in [0.1, 0.15) is 31.2 Å². The van der Waals surface area contributed by atoms with E-state index in [9.17, 15) is 4.79 Å². The van der Waals surface area contributed by atoms with Crippen molar-refractivity contribution < 1.29 is 4.79 Å². The van der Waals surface area contributed by atoms with Crippen LogP contribution < -0.4 is 5.32 Å². The van der Waals surface area contributed by atoms with Crippen LogP contribution in [0.3, 0.4) is 0 Å². The molecule has 0 bridgehead atoms. The zero-order valence-corrected chi connectivity index (χ0v) is 19.0. The van der Waals surface area contributed by atoms with Gasteiger partial charge >= 0.3 is 0 Å². The van der Waals surface area contributed by atoms with Crippen molar-refractivity contribution in [3.8, 4) is 0 Å². The first-order valence-corrected chi connectivity index (χ1v) is 9.81. The number of amides is 1. The highest BCUT2D eigenvalue weighted by atomic mass is 35.5. The van der Waals surface area contributed by atoms with E-state index in [-0.39, 0.29) is 43.1 Å². The molecule has 0 radical (unpaired) electrons. The van der Waals surface area contributed by atoms with Crippen LogP contribution in [0.5, 0.6) is 0 Å². The predicted octanol–water partition coefficient (Wildman–Crippen LogP) is 3.22.